The second-order valence-electron chi connectivity index (χ2n) is 5.19. The summed E-state index contributed by atoms with van der Waals surface area (Å²) in [6.45, 7) is 6.88. The fraction of sp³-hybridized carbons (Fsp3) is 0.500. The van der Waals surface area contributed by atoms with Crippen LogP contribution in [0.1, 0.15) is 26.3 Å². The van der Waals surface area contributed by atoms with Crippen LogP contribution in [-0.4, -0.2) is 19.1 Å². The molecular formula is C14H20FNO2. The van der Waals surface area contributed by atoms with Crippen molar-refractivity contribution >= 4 is 5.97 Å². The molecule has 0 fully saturated rings. The fourth-order valence-electron chi connectivity index (χ4n) is 1.31. The van der Waals surface area contributed by atoms with Crippen LogP contribution < -0.4 is 5.32 Å². The van der Waals surface area contributed by atoms with E-state index in [1.165, 1.54) is 12.1 Å². The first kappa shape index (κ1) is 14.6. The molecule has 0 atom stereocenters. The van der Waals surface area contributed by atoms with E-state index in [0.29, 0.717) is 19.7 Å². The molecule has 1 N–H and O–H groups in total. The molecule has 0 aliphatic heterocycles. The monoisotopic (exact) mass is 253 g/mol. The fourth-order valence-corrected chi connectivity index (χ4v) is 1.31. The Hall–Kier alpha value is -1.42. The predicted octanol–water partition coefficient (Wildman–Crippen LogP) is 2.50. The Morgan fingerprint density at radius 2 is 2.11 bits per heavy atom. The molecule has 0 saturated carbocycles. The van der Waals surface area contributed by atoms with Crippen molar-refractivity contribution in [3.8, 4) is 0 Å². The number of carbonyl (C=O) groups is 1. The molecule has 3 nitrogen and oxygen atoms in total. The van der Waals surface area contributed by atoms with Crippen LogP contribution >= 0.6 is 0 Å². The van der Waals surface area contributed by atoms with E-state index in [1.54, 1.807) is 6.07 Å². The van der Waals surface area contributed by atoms with E-state index in [0.717, 1.165) is 5.56 Å². The molecule has 1 aromatic carbocycles. The van der Waals surface area contributed by atoms with Gasteiger partial charge in [0.1, 0.15) is 12.4 Å². The van der Waals surface area contributed by atoms with Crippen LogP contribution in [-0.2, 0) is 16.1 Å². The summed E-state index contributed by atoms with van der Waals surface area (Å²) in [5, 5.41) is 3.09. The van der Waals surface area contributed by atoms with Crippen molar-refractivity contribution in [2.75, 3.05) is 13.2 Å². The molecule has 0 heterocycles. The number of halogens is 1. The third-order valence-corrected chi connectivity index (χ3v) is 2.34. The topological polar surface area (TPSA) is 38.3 Å². The highest BCUT2D eigenvalue weighted by atomic mass is 19.1. The number of esters is 1. The lowest BCUT2D eigenvalue weighted by molar-refractivity contribution is -0.152. The molecule has 0 aromatic heterocycles. The number of hydrogen-bond donors (Lipinski definition) is 1. The van der Waals surface area contributed by atoms with E-state index in [1.807, 2.05) is 26.8 Å². The van der Waals surface area contributed by atoms with Crippen molar-refractivity contribution in [2.24, 2.45) is 5.41 Å². The molecule has 1 aromatic rings. The van der Waals surface area contributed by atoms with E-state index in [9.17, 15) is 9.18 Å². The number of nitrogens with one attached hydrogen (secondary N) is 1. The molecular weight excluding hydrogens is 233 g/mol. The third kappa shape index (κ3) is 5.27. The van der Waals surface area contributed by atoms with Crippen molar-refractivity contribution in [2.45, 2.75) is 27.3 Å². The average Bonchev–Trinajstić information content (AvgIpc) is 2.27. The standard InChI is InChI=1S/C14H20FNO2/c1-14(2,3)13(17)18-8-7-16-10-11-5-4-6-12(15)9-11/h4-6,9,16H,7-8,10H2,1-3H3. The molecule has 0 aliphatic carbocycles. The quantitative estimate of drug-likeness (QED) is 0.647. The van der Waals surface area contributed by atoms with Crippen LogP contribution in [0.4, 0.5) is 4.39 Å². The molecule has 0 bridgehead atoms. The SMILES string of the molecule is CC(C)(C)C(=O)OCCNCc1cccc(F)c1. The maximum atomic E-state index is 12.9. The zero-order chi connectivity index (χ0) is 13.6. The van der Waals surface area contributed by atoms with E-state index in [4.69, 9.17) is 4.74 Å². The normalized spacial score (nSPS) is 11.3. The van der Waals surface area contributed by atoms with E-state index in [-0.39, 0.29) is 11.8 Å². The lowest BCUT2D eigenvalue weighted by atomic mass is 9.97. The largest absolute Gasteiger partial charge is 0.464 e. The van der Waals surface area contributed by atoms with Gasteiger partial charge in [0.25, 0.3) is 0 Å². The van der Waals surface area contributed by atoms with Crippen molar-refractivity contribution in [1.82, 2.24) is 5.32 Å². The van der Waals surface area contributed by atoms with Crippen LogP contribution in [0.5, 0.6) is 0 Å². The molecule has 18 heavy (non-hydrogen) atoms. The van der Waals surface area contributed by atoms with Crippen molar-refractivity contribution in [1.29, 1.82) is 0 Å². The van der Waals surface area contributed by atoms with E-state index >= 15 is 0 Å². The first-order valence-electron chi connectivity index (χ1n) is 6.02. The number of carbonyl (C=O) groups excluding carboxylic acids is 1. The summed E-state index contributed by atoms with van der Waals surface area (Å²) < 4.78 is 18.0. The van der Waals surface area contributed by atoms with Gasteiger partial charge in [0.05, 0.1) is 5.41 Å². The van der Waals surface area contributed by atoms with Gasteiger partial charge in [-0.2, -0.15) is 0 Å². The molecule has 0 aliphatic rings. The Balaban J connectivity index is 2.18. The van der Waals surface area contributed by atoms with Crippen molar-refractivity contribution in [3.63, 3.8) is 0 Å². The number of rotatable bonds is 5. The van der Waals surface area contributed by atoms with Crippen molar-refractivity contribution in [3.05, 3.63) is 35.6 Å². The Morgan fingerprint density at radius 1 is 1.39 bits per heavy atom. The highest BCUT2D eigenvalue weighted by Crippen LogP contribution is 2.14. The highest BCUT2D eigenvalue weighted by Gasteiger charge is 2.22. The van der Waals surface area contributed by atoms with Gasteiger partial charge in [-0.3, -0.25) is 4.79 Å². The zero-order valence-electron chi connectivity index (χ0n) is 11.1. The molecule has 1 rings (SSSR count). The van der Waals surface area contributed by atoms with Gasteiger partial charge in [-0.15, -0.1) is 0 Å². The van der Waals surface area contributed by atoms with Crippen LogP contribution in [0.25, 0.3) is 0 Å². The summed E-state index contributed by atoms with van der Waals surface area (Å²) in [6, 6.07) is 6.41. The first-order valence-corrected chi connectivity index (χ1v) is 6.02. The molecule has 100 valence electrons. The minimum absolute atomic E-state index is 0.213. The molecule has 4 heteroatoms. The summed E-state index contributed by atoms with van der Waals surface area (Å²) in [5.41, 5.74) is 0.403. The van der Waals surface area contributed by atoms with E-state index < -0.39 is 5.41 Å². The minimum Gasteiger partial charge on any atom is -0.464 e. The molecule has 0 spiro atoms. The lowest BCUT2D eigenvalue weighted by Crippen LogP contribution is -2.27. The summed E-state index contributed by atoms with van der Waals surface area (Å²) in [5.74, 6) is -0.455. The van der Waals surface area contributed by atoms with Gasteiger partial charge in [0.2, 0.25) is 0 Å². The second-order valence-corrected chi connectivity index (χ2v) is 5.19. The average molecular weight is 253 g/mol. The smallest absolute Gasteiger partial charge is 0.311 e. The number of hydrogen-bond acceptors (Lipinski definition) is 3. The maximum Gasteiger partial charge on any atom is 0.311 e. The van der Waals surface area contributed by atoms with E-state index in [2.05, 4.69) is 5.32 Å². The van der Waals surface area contributed by atoms with Crippen molar-refractivity contribution < 1.29 is 13.9 Å². The van der Waals surface area contributed by atoms with Gasteiger partial charge in [-0.25, -0.2) is 4.39 Å². The predicted molar refractivity (Wildman–Crippen MR) is 68.5 cm³/mol. The molecule has 0 amide bonds. The molecule has 0 radical (unpaired) electrons. The summed E-state index contributed by atoms with van der Waals surface area (Å²) in [7, 11) is 0. The maximum absolute atomic E-state index is 12.9. The van der Waals surface area contributed by atoms with Gasteiger partial charge < -0.3 is 10.1 Å². The van der Waals surface area contributed by atoms with Crippen LogP contribution in [0.2, 0.25) is 0 Å². The van der Waals surface area contributed by atoms with Crippen LogP contribution in [0, 0.1) is 11.2 Å². The van der Waals surface area contributed by atoms with Gasteiger partial charge in [0.15, 0.2) is 0 Å². The Bertz CT molecular complexity index is 399. The summed E-state index contributed by atoms with van der Waals surface area (Å²) in [4.78, 5) is 11.4. The Kier molecular flexibility index (Phi) is 5.28. The Labute approximate surface area is 107 Å². The Morgan fingerprint density at radius 3 is 2.72 bits per heavy atom. The van der Waals surface area contributed by atoms with Gasteiger partial charge in [0, 0.05) is 13.1 Å². The third-order valence-electron chi connectivity index (χ3n) is 2.34. The summed E-state index contributed by atoms with van der Waals surface area (Å²) in [6.07, 6.45) is 0. The van der Waals surface area contributed by atoms with Gasteiger partial charge in [-0.05, 0) is 38.5 Å². The van der Waals surface area contributed by atoms with Crippen LogP contribution in [0.3, 0.4) is 0 Å². The molecule has 0 unspecified atom stereocenters. The summed E-state index contributed by atoms with van der Waals surface area (Å²) >= 11 is 0. The van der Waals surface area contributed by atoms with Gasteiger partial charge in [-0.1, -0.05) is 12.1 Å². The minimum atomic E-state index is -0.470. The zero-order valence-corrected chi connectivity index (χ0v) is 11.1. The first-order chi connectivity index (χ1) is 8.39. The lowest BCUT2D eigenvalue weighted by Gasteiger charge is -2.16. The van der Waals surface area contributed by atoms with Gasteiger partial charge >= 0.3 is 5.97 Å². The number of benzene rings is 1. The highest BCUT2D eigenvalue weighted by molar-refractivity contribution is 5.75. The molecule has 0 saturated heterocycles. The van der Waals surface area contributed by atoms with Crippen LogP contribution in [0.15, 0.2) is 24.3 Å². The number of ether oxygens (including phenoxy) is 1. The second kappa shape index (κ2) is 6.50.